The van der Waals surface area contributed by atoms with Gasteiger partial charge in [-0.2, -0.15) is 5.10 Å². The Labute approximate surface area is 112 Å². The molecule has 1 rings (SSSR count). The first-order valence-electron chi connectivity index (χ1n) is 5.97. The molecule has 0 fully saturated rings. The highest BCUT2D eigenvalue weighted by atomic mass is 32.2. The quantitative estimate of drug-likeness (QED) is 0.765. The van der Waals surface area contributed by atoms with Gasteiger partial charge in [-0.1, -0.05) is 13.8 Å². The number of carbonyl (C=O) groups is 1. The molecule has 0 saturated heterocycles. The summed E-state index contributed by atoms with van der Waals surface area (Å²) in [6.45, 7) is 4.08. The van der Waals surface area contributed by atoms with Gasteiger partial charge in [0.1, 0.15) is 5.03 Å². The molecule has 1 aromatic rings. The summed E-state index contributed by atoms with van der Waals surface area (Å²) >= 11 is 1.48. The minimum Gasteiger partial charge on any atom is -0.394 e. The summed E-state index contributed by atoms with van der Waals surface area (Å²) in [6.07, 6.45) is 4.23. The standard InChI is InChI=1S/C12H21N3O2S/c1-8(2)5-9(7-16)14-11(17)10-6-13-15(3)12(10)18-4/h6,8-9,16H,5,7H2,1-4H3,(H,14,17)/t9-/m0/s1. The Morgan fingerprint density at radius 2 is 2.28 bits per heavy atom. The summed E-state index contributed by atoms with van der Waals surface area (Å²) in [6, 6.07) is -0.201. The van der Waals surface area contributed by atoms with Crippen LogP contribution in [0.2, 0.25) is 0 Å². The molecule has 1 heterocycles. The molecule has 0 radical (unpaired) electrons. The molecule has 102 valence electrons. The predicted octanol–water partition coefficient (Wildman–Crippen LogP) is 1.28. The van der Waals surface area contributed by atoms with Crippen molar-refractivity contribution in [3.05, 3.63) is 11.8 Å². The lowest BCUT2D eigenvalue weighted by atomic mass is 10.0. The first-order valence-corrected chi connectivity index (χ1v) is 7.19. The van der Waals surface area contributed by atoms with Crippen molar-refractivity contribution in [3.8, 4) is 0 Å². The molecule has 0 aromatic carbocycles. The lowest BCUT2D eigenvalue weighted by Crippen LogP contribution is -2.38. The average Bonchev–Trinajstić information content (AvgIpc) is 2.68. The molecule has 0 saturated carbocycles. The van der Waals surface area contributed by atoms with Crippen molar-refractivity contribution in [1.82, 2.24) is 15.1 Å². The highest BCUT2D eigenvalue weighted by Gasteiger charge is 2.19. The third-order valence-electron chi connectivity index (χ3n) is 2.63. The lowest BCUT2D eigenvalue weighted by Gasteiger charge is -2.18. The van der Waals surface area contributed by atoms with Crippen molar-refractivity contribution >= 4 is 17.7 Å². The molecule has 0 spiro atoms. The van der Waals surface area contributed by atoms with Crippen molar-refractivity contribution in [1.29, 1.82) is 0 Å². The number of aromatic nitrogens is 2. The molecule has 1 atom stereocenters. The van der Waals surface area contributed by atoms with Crippen LogP contribution in [0.15, 0.2) is 11.2 Å². The Kier molecular flexibility index (Phi) is 5.68. The van der Waals surface area contributed by atoms with Crippen molar-refractivity contribution < 1.29 is 9.90 Å². The van der Waals surface area contributed by atoms with Crippen LogP contribution in [0.3, 0.4) is 0 Å². The molecule has 0 aliphatic carbocycles. The number of thioether (sulfide) groups is 1. The lowest BCUT2D eigenvalue weighted by molar-refractivity contribution is 0.0905. The molecule has 6 heteroatoms. The summed E-state index contributed by atoms with van der Waals surface area (Å²) in [4.78, 5) is 12.1. The van der Waals surface area contributed by atoms with Crippen LogP contribution in [0.1, 0.15) is 30.6 Å². The molecule has 2 N–H and O–H groups in total. The summed E-state index contributed by atoms with van der Waals surface area (Å²) in [5, 5.41) is 17.0. The van der Waals surface area contributed by atoms with E-state index in [-0.39, 0.29) is 18.6 Å². The van der Waals surface area contributed by atoms with Crippen LogP contribution in [-0.2, 0) is 7.05 Å². The largest absolute Gasteiger partial charge is 0.394 e. The Balaban J connectivity index is 2.74. The van der Waals surface area contributed by atoms with E-state index in [0.29, 0.717) is 11.5 Å². The van der Waals surface area contributed by atoms with E-state index in [1.165, 1.54) is 11.8 Å². The molecule has 0 aliphatic heterocycles. The zero-order valence-electron chi connectivity index (χ0n) is 11.3. The number of aliphatic hydroxyl groups is 1. The first kappa shape index (κ1) is 15.0. The maximum atomic E-state index is 12.1. The van der Waals surface area contributed by atoms with Gasteiger partial charge >= 0.3 is 0 Å². The van der Waals surface area contributed by atoms with E-state index < -0.39 is 0 Å². The minimum absolute atomic E-state index is 0.0429. The normalized spacial score (nSPS) is 12.8. The molecular weight excluding hydrogens is 250 g/mol. The predicted molar refractivity (Wildman–Crippen MR) is 72.8 cm³/mol. The van der Waals surface area contributed by atoms with Crippen molar-refractivity contribution in [3.63, 3.8) is 0 Å². The van der Waals surface area contributed by atoms with Gasteiger partial charge in [0, 0.05) is 7.05 Å². The number of aliphatic hydroxyl groups excluding tert-OH is 1. The Bertz CT molecular complexity index is 404. The van der Waals surface area contributed by atoms with E-state index in [2.05, 4.69) is 24.3 Å². The van der Waals surface area contributed by atoms with Crippen LogP contribution in [0.25, 0.3) is 0 Å². The zero-order chi connectivity index (χ0) is 13.7. The number of carbonyl (C=O) groups excluding carboxylic acids is 1. The van der Waals surface area contributed by atoms with Gasteiger partial charge in [0.15, 0.2) is 0 Å². The van der Waals surface area contributed by atoms with Crippen LogP contribution >= 0.6 is 11.8 Å². The van der Waals surface area contributed by atoms with E-state index in [0.717, 1.165) is 11.4 Å². The van der Waals surface area contributed by atoms with E-state index in [1.54, 1.807) is 17.9 Å². The second-order valence-corrected chi connectivity index (χ2v) is 5.47. The first-order chi connectivity index (χ1) is 8.49. The zero-order valence-corrected chi connectivity index (χ0v) is 12.1. The van der Waals surface area contributed by atoms with Gasteiger partial charge in [0.2, 0.25) is 0 Å². The van der Waals surface area contributed by atoms with Gasteiger partial charge in [-0.05, 0) is 18.6 Å². The molecule has 1 amide bonds. The molecule has 1 aromatic heterocycles. The van der Waals surface area contributed by atoms with Gasteiger partial charge < -0.3 is 10.4 Å². The van der Waals surface area contributed by atoms with Gasteiger partial charge in [-0.25, -0.2) is 0 Å². The van der Waals surface area contributed by atoms with Gasteiger partial charge in [-0.3, -0.25) is 9.48 Å². The van der Waals surface area contributed by atoms with E-state index in [4.69, 9.17) is 0 Å². The SMILES string of the molecule is CSc1c(C(=O)N[C@H](CO)CC(C)C)cnn1C. The van der Waals surface area contributed by atoms with Crippen LogP contribution in [0, 0.1) is 5.92 Å². The fraction of sp³-hybridized carbons (Fsp3) is 0.667. The average molecular weight is 271 g/mol. The maximum absolute atomic E-state index is 12.1. The number of hydrogen-bond donors (Lipinski definition) is 2. The summed E-state index contributed by atoms with van der Waals surface area (Å²) in [5.74, 6) is 0.253. The van der Waals surface area contributed by atoms with Gasteiger partial charge in [0.25, 0.3) is 5.91 Å². The van der Waals surface area contributed by atoms with Crippen LogP contribution in [0.5, 0.6) is 0 Å². The number of hydrogen-bond acceptors (Lipinski definition) is 4. The fourth-order valence-corrected chi connectivity index (χ4v) is 2.51. The Morgan fingerprint density at radius 3 is 2.78 bits per heavy atom. The van der Waals surface area contributed by atoms with Crippen LogP contribution < -0.4 is 5.32 Å². The highest BCUT2D eigenvalue weighted by Crippen LogP contribution is 2.19. The van der Waals surface area contributed by atoms with Crippen LogP contribution in [0.4, 0.5) is 0 Å². The molecule has 0 unspecified atom stereocenters. The molecule has 0 bridgehead atoms. The number of nitrogens with zero attached hydrogens (tertiary/aromatic N) is 2. The van der Waals surface area contributed by atoms with E-state index in [9.17, 15) is 9.90 Å². The Morgan fingerprint density at radius 1 is 1.61 bits per heavy atom. The summed E-state index contributed by atoms with van der Waals surface area (Å²) < 4.78 is 1.68. The molecule has 5 nitrogen and oxygen atoms in total. The number of amides is 1. The van der Waals surface area contributed by atoms with Gasteiger partial charge in [0.05, 0.1) is 24.4 Å². The molecule has 18 heavy (non-hydrogen) atoms. The topological polar surface area (TPSA) is 67.2 Å². The van der Waals surface area contributed by atoms with E-state index in [1.807, 2.05) is 6.26 Å². The van der Waals surface area contributed by atoms with Crippen LogP contribution in [-0.4, -0.2) is 39.7 Å². The second-order valence-electron chi connectivity index (χ2n) is 4.67. The molecular formula is C12H21N3O2S. The number of aryl methyl sites for hydroxylation is 1. The second kappa shape index (κ2) is 6.80. The number of rotatable bonds is 6. The summed E-state index contributed by atoms with van der Waals surface area (Å²) in [7, 11) is 1.81. The van der Waals surface area contributed by atoms with Crippen molar-refractivity contribution in [2.75, 3.05) is 12.9 Å². The van der Waals surface area contributed by atoms with Gasteiger partial charge in [-0.15, -0.1) is 11.8 Å². The highest BCUT2D eigenvalue weighted by molar-refractivity contribution is 7.98. The maximum Gasteiger partial charge on any atom is 0.255 e. The minimum atomic E-state index is -0.201. The summed E-state index contributed by atoms with van der Waals surface area (Å²) in [5.41, 5.74) is 0.562. The smallest absolute Gasteiger partial charge is 0.255 e. The monoisotopic (exact) mass is 271 g/mol. The fourth-order valence-electron chi connectivity index (χ4n) is 1.84. The van der Waals surface area contributed by atoms with E-state index >= 15 is 0 Å². The molecule has 0 aliphatic rings. The number of nitrogens with one attached hydrogen (secondary N) is 1. The third-order valence-corrected chi connectivity index (χ3v) is 3.50. The van der Waals surface area contributed by atoms with Crippen molar-refractivity contribution in [2.24, 2.45) is 13.0 Å². The van der Waals surface area contributed by atoms with Crippen molar-refractivity contribution in [2.45, 2.75) is 31.3 Å². The Hall–Kier alpha value is -1.01. The third kappa shape index (κ3) is 3.74.